The second kappa shape index (κ2) is 8.97. The van der Waals surface area contributed by atoms with Crippen molar-refractivity contribution in [3.8, 4) is 0 Å². The first kappa shape index (κ1) is 23.8. The van der Waals surface area contributed by atoms with Gasteiger partial charge in [-0.1, -0.05) is 17.3 Å². The number of hydrogen-bond acceptors (Lipinski definition) is 7. The van der Waals surface area contributed by atoms with E-state index in [1.807, 2.05) is 0 Å². The van der Waals surface area contributed by atoms with Gasteiger partial charge in [-0.3, -0.25) is 4.79 Å². The van der Waals surface area contributed by atoms with Crippen molar-refractivity contribution in [1.29, 1.82) is 0 Å². The van der Waals surface area contributed by atoms with Crippen LogP contribution < -0.4 is 5.32 Å². The molecule has 1 N–H and O–H groups in total. The summed E-state index contributed by atoms with van der Waals surface area (Å²) in [4.78, 5) is 35.0. The number of carbonyl (C=O) groups excluding carboxylic acids is 2. The van der Waals surface area contributed by atoms with Crippen molar-refractivity contribution in [3.05, 3.63) is 35.4 Å². The van der Waals surface area contributed by atoms with Crippen molar-refractivity contribution in [2.45, 2.75) is 64.0 Å². The van der Waals surface area contributed by atoms with Crippen molar-refractivity contribution in [3.63, 3.8) is 0 Å². The van der Waals surface area contributed by atoms with Gasteiger partial charge in [0.25, 0.3) is 5.91 Å². The fourth-order valence-electron chi connectivity index (χ4n) is 3.37. The zero-order valence-corrected chi connectivity index (χ0v) is 18.1. The minimum Gasteiger partial charge on any atom is -0.427 e. The molecule has 1 amide bonds. The quantitative estimate of drug-likeness (QED) is 0.692. The van der Waals surface area contributed by atoms with Gasteiger partial charge < -0.3 is 19.7 Å². The van der Waals surface area contributed by atoms with E-state index in [-0.39, 0.29) is 12.3 Å². The number of oxime groups is 1. The van der Waals surface area contributed by atoms with Gasteiger partial charge in [-0.25, -0.2) is 4.79 Å². The van der Waals surface area contributed by atoms with Crippen LogP contribution in [0.25, 0.3) is 0 Å². The Morgan fingerprint density at radius 3 is 2.34 bits per heavy atom. The first-order valence-corrected chi connectivity index (χ1v) is 10.2. The Labute approximate surface area is 183 Å². The number of benzene rings is 1. The van der Waals surface area contributed by atoms with E-state index >= 15 is 0 Å². The number of hydroxylamine groups is 2. The lowest BCUT2D eigenvalue weighted by atomic mass is 9.87. The first-order valence-electron chi connectivity index (χ1n) is 10.2. The summed E-state index contributed by atoms with van der Waals surface area (Å²) in [6.07, 6.45) is -3.89. The number of alkyl halides is 3. The van der Waals surface area contributed by atoms with Crippen molar-refractivity contribution >= 4 is 17.8 Å². The molecule has 0 unspecified atom stereocenters. The molecule has 2 aliphatic heterocycles. The van der Waals surface area contributed by atoms with Gasteiger partial charge in [-0.15, -0.1) is 5.06 Å². The van der Waals surface area contributed by atoms with E-state index in [1.54, 1.807) is 20.8 Å². The molecule has 1 spiro atoms. The normalized spacial score (nSPS) is 18.6. The number of rotatable bonds is 4. The van der Waals surface area contributed by atoms with E-state index in [0.29, 0.717) is 37.9 Å². The molecular weight excluding hydrogens is 431 g/mol. The van der Waals surface area contributed by atoms with Crippen LogP contribution in [0.4, 0.5) is 18.0 Å². The average molecular weight is 457 g/mol. The molecule has 0 saturated carbocycles. The highest BCUT2D eigenvalue weighted by Crippen LogP contribution is 2.35. The van der Waals surface area contributed by atoms with Crippen LogP contribution in [0, 0.1) is 0 Å². The fourth-order valence-corrected chi connectivity index (χ4v) is 3.37. The molecule has 1 saturated heterocycles. The third kappa shape index (κ3) is 6.35. The summed E-state index contributed by atoms with van der Waals surface area (Å²) in [6.45, 7) is 6.10. The van der Waals surface area contributed by atoms with Crippen molar-refractivity contribution in [2.24, 2.45) is 5.16 Å². The maximum atomic E-state index is 12.6. The molecule has 8 nitrogen and oxygen atoms in total. The van der Waals surface area contributed by atoms with Crippen LogP contribution in [0.15, 0.2) is 29.4 Å². The zero-order valence-electron chi connectivity index (χ0n) is 18.1. The number of nitrogens with one attached hydrogen (secondary N) is 1. The van der Waals surface area contributed by atoms with Gasteiger partial charge in [0.2, 0.25) is 0 Å². The molecule has 176 valence electrons. The van der Waals surface area contributed by atoms with E-state index < -0.39 is 35.0 Å². The second-order valence-electron chi connectivity index (χ2n) is 8.85. The standard InChI is InChI=1S/C21H26F3N3O5/c1-19(2,3)30-18(29)31-27-10-8-20(9-11-27)12-16(26-32-20)17(28)25-13-14-4-6-15(7-5-14)21(22,23)24/h4-7H,8-13H2,1-3H3,(H,25,28). The number of amides is 1. The molecule has 1 aromatic rings. The maximum Gasteiger partial charge on any atom is 0.528 e. The average Bonchev–Trinajstić information content (AvgIpc) is 3.10. The predicted molar refractivity (Wildman–Crippen MR) is 107 cm³/mol. The minimum atomic E-state index is -4.40. The summed E-state index contributed by atoms with van der Waals surface area (Å²) < 4.78 is 43.0. The molecule has 0 bridgehead atoms. The summed E-state index contributed by atoms with van der Waals surface area (Å²) in [6, 6.07) is 4.58. The molecular formula is C21H26F3N3O5. The smallest absolute Gasteiger partial charge is 0.427 e. The molecule has 1 aromatic carbocycles. The van der Waals surface area contributed by atoms with Crippen molar-refractivity contribution < 1.29 is 37.2 Å². The van der Waals surface area contributed by atoms with Crippen molar-refractivity contribution in [1.82, 2.24) is 10.4 Å². The van der Waals surface area contributed by atoms with Crippen LogP contribution in [0.5, 0.6) is 0 Å². The van der Waals surface area contributed by atoms with E-state index in [1.165, 1.54) is 17.2 Å². The fraction of sp³-hybridized carbons (Fsp3) is 0.571. The number of nitrogens with zero attached hydrogens (tertiary/aromatic N) is 2. The Kier molecular flexibility index (Phi) is 6.68. The Morgan fingerprint density at radius 1 is 1.16 bits per heavy atom. The maximum absolute atomic E-state index is 12.6. The van der Waals surface area contributed by atoms with Gasteiger partial charge in [0.1, 0.15) is 16.9 Å². The summed E-state index contributed by atoms with van der Waals surface area (Å²) in [5, 5.41) is 8.05. The Morgan fingerprint density at radius 2 is 1.78 bits per heavy atom. The number of carbonyl (C=O) groups is 2. The molecule has 11 heteroatoms. The Bertz CT molecular complexity index is 870. The third-order valence-corrected chi connectivity index (χ3v) is 5.06. The zero-order chi connectivity index (χ0) is 23.6. The topological polar surface area (TPSA) is 89.5 Å². The lowest BCUT2D eigenvalue weighted by Crippen LogP contribution is -2.46. The Balaban J connectivity index is 1.44. The van der Waals surface area contributed by atoms with Gasteiger partial charge in [0.15, 0.2) is 0 Å². The molecule has 2 aliphatic rings. The van der Waals surface area contributed by atoms with Gasteiger partial charge in [-0.05, 0) is 38.5 Å². The summed E-state index contributed by atoms with van der Waals surface area (Å²) in [7, 11) is 0. The summed E-state index contributed by atoms with van der Waals surface area (Å²) >= 11 is 0. The Hall–Kier alpha value is -2.82. The van der Waals surface area contributed by atoms with Crippen LogP contribution in [0.3, 0.4) is 0 Å². The van der Waals surface area contributed by atoms with Crippen molar-refractivity contribution in [2.75, 3.05) is 13.1 Å². The number of ether oxygens (including phenoxy) is 1. The van der Waals surface area contributed by atoms with Gasteiger partial charge in [-0.2, -0.15) is 13.2 Å². The molecule has 1 fully saturated rings. The van der Waals surface area contributed by atoms with Gasteiger partial charge >= 0.3 is 12.3 Å². The predicted octanol–water partition coefficient (Wildman–Crippen LogP) is 3.80. The first-order chi connectivity index (χ1) is 14.9. The van der Waals surface area contributed by atoms with Crippen LogP contribution in [-0.4, -0.2) is 47.1 Å². The molecule has 2 heterocycles. The van der Waals surface area contributed by atoms with Gasteiger partial charge in [0.05, 0.1) is 5.56 Å². The number of piperidine rings is 1. The monoisotopic (exact) mass is 457 g/mol. The summed E-state index contributed by atoms with van der Waals surface area (Å²) in [5.74, 6) is -0.436. The highest BCUT2D eigenvalue weighted by atomic mass is 19.4. The third-order valence-electron chi connectivity index (χ3n) is 5.06. The molecule has 0 aromatic heterocycles. The lowest BCUT2D eigenvalue weighted by molar-refractivity contribution is -0.180. The minimum absolute atomic E-state index is 0.0699. The van der Waals surface area contributed by atoms with Crippen LogP contribution >= 0.6 is 0 Å². The highest BCUT2D eigenvalue weighted by Gasteiger charge is 2.44. The lowest BCUT2D eigenvalue weighted by Gasteiger charge is -2.35. The van der Waals surface area contributed by atoms with Crippen LogP contribution in [-0.2, 0) is 31.9 Å². The molecule has 3 rings (SSSR count). The van der Waals surface area contributed by atoms with Gasteiger partial charge in [0, 0.05) is 38.9 Å². The molecule has 0 aliphatic carbocycles. The van der Waals surface area contributed by atoms with E-state index in [9.17, 15) is 22.8 Å². The highest BCUT2D eigenvalue weighted by molar-refractivity contribution is 6.39. The molecule has 32 heavy (non-hydrogen) atoms. The number of hydrogen-bond donors (Lipinski definition) is 1. The van der Waals surface area contributed by atoms with Crippen LogP contribution in [0.2, 0.25) is 0 Å². The largest absolute Gasteiger partial charge is 0.528 e. The van der Waals surface area contributed by atoms with E-state index in [2.05, 4.69) is 10.5 Å². The second-order valence-corrected chi connectivity index (χ2v) is 8.85. The van der Waals surface area contributed by atoms with E-state index in [4.69, 9.17) is 14.4 Å². The number of halogens is 3. The molecule has 0 atom stereocenters. The molecule has 0 radical (unpaired) electrons. The summed E-state index contributed by atoms with van der Waals surface area (Å²) in [5.41, 5.74) is -1.29. The van der Waals surface area contributed by atoms with E-state index in [0.717, 1.165) is 12.1 Å². The van der Waals surface area contributed by atoms with Crippen LogP contribution in [0.1, 0.15) is 51.2 Å². The SMILES string of the molecule is CC(C)(C)OC(=O)ON1CCC2(CC1)CC(C(=O)NCc1ccc(C(F)(F)F)cc1)=NO2.